The van der Waals surface area contributed by atoms with E-state index < -0.39 is 0 Å². The van der Waals surface area contributed by atoms with Gasteiger partial charge in [-0.3, -0.25) is 4.99 Å². The molecule has 2 aliphatic heterocycles. The first-order valence-electron chi connectivity index (χ1n) is 3.85. The molecule has 1 saturated heterocycles. The summed E-state index contributed by atoms with van der Waals surface area (Å²) in [5, 5.41) is 0. The minimum atomic E-state index is 0.844. The van der Waals surface area contributed by atoms with Crippen LogP contribution in [0.2, 0.25) is 0 Å². The molecule has 0 saturated carbocycles. The van der Waals surface area contributed by atoms with E-state index in [4.69, 9.17) is 0 Å². The van der Waals surface area contributed by atoms with Crippen LogP contribution in [0.15, 0.2) is 40.7 Å². The number of hydrogen-bond acceptors (Lipinski definition) is 2. The normalized spacial score (nSPS) is 24.7. The van der Waals surface area contributed by atoms with Crippen LogP contribution in [0, 0.1) is 0 Å². The fourth-order valence-electron chi connectivity index (χ4n) is 1.76. The minimum absolute atomic E-state index is 0.844. The number of fused-ring (bicyclic) bond motifs is 5. The summed E-state index contributed by atoms with van der Waals surface area (Å²) in [7, 11) is 0. The van der Waals surface area contributed by atoms with Crippen molar-refractivity contribution in [2.75, 3.05) is 6.54 Å². The fraction of sp³-hybridized carbons (Fsp3) is 0.222. The quantitative estimate of drug-likeness (QED) is 0.502. The summed E-state index contributed by atoms with van der Waals surface area (Å²) in [6, 6.07) is 0. The van der Waals surface area contributed by atoms with Gasteiger partial charge in [-0.2, -0.15) is 0 Å². The Bertz CT molecular complexity index is 331. The Balaban J connectivity index is 2.17. The van der Waals surface area contributed by atoms with Gasteiger partial charge in [0.1, 0.15) is 5.84 Å². The Kier molecular flexibility index (Phi) is 0.799. The van der Waals surface area contributed by atoms with Crippen molar-refractivity contribution < 1.29 is 0 Å². The lowest BCUT2D eigenvalue weighted by atomic mass is 10.2. The Hall–Kier alpha value is -1.31. The molecule has 0 aromatic rings. The van der Waals surface area contributed by atoms with Crippen LogP contribution in [0.25, 0.3) is 0 Å². The van der Waals surface area contributed by atoms with Gasteiger partial charge in [-0.15, -0.1) is 0 Å². The van der Waals surface area contributed by atoms with Crippen molar-refractivity contribution >= 4 is 5.84 Å². The summed E-state index contributed by atoms with van der Waals surface area (Å²) in [6.45, 7) is 0.844. The van der Waals surface area contributed by atoms with Gasteiger partial charge in [-0.1, -0.05) is 6.08 Å². The van der Waals surface area contributed by atoms with Crippen LogP contribution in [0.4, 0.5) is 0 Å². The minimum Gasteiger partial charge on any atom is -0.306 e. The number of amidine groups is 1. The van der Waals surface area contributed by atoms with Crippen LogP contribution in [0.3, 0.4) is 0 Å². The van der Waals surface area contributed by atoms with Crippen molar-refractivity contribution in [3.63, 3.8) is 0 Å². The molecule has 0 amide bonds. The molecule has 0 spiro atoms. The van der Waals surface area contributed by atoms with Gasteiger partial charge >= 0.3 is 0 Å². The van der Waals surface area contributed by atoms with Gasteiger partial charge in [0.2, 0.25) is 0 Å². The van der Waals surface area contributed by atoms with Crippen molar-refractivity contribution in [2.24, 2.45) is 4.99 Å². The SMILES string of the molecule is C1=CN2C3=CC=C(C3)C2=NC1. The zero-order chi connectivity index (χ0) is 7.26. The first-order chi connectivity index (χ1) is 5.45. The largest absolute Gasteiger partial charge is 0.306 e. The summed E-state index contributed by atoms with van der Waals surface area (Å²) < 4.78 is 0. The fourth-order valence-corrected chi connectivity index (χ4v) is 1.76. The van der Waals surface area contributed by atoms with Gasteiger partial charge in [-0.25, -0.2) is 0 Å². The zero-order valence-electron chi connectivity index (χ0n) is 6.12. The summed E-state index contributed by atoms with van der Waals surface area (Å²) in [4.78, 5) is 6.60. The highest BCUT2D eigenvalue weighted by Crippen LogP contribution is 2.34. The molecule has 0 atom stereocenters. The molecule has 1 aliphatic carbocycles. The Morgan fingerprint density at radius 1 is 1.36 bits per heavy atom. The maximum atomic E-state index is 4.42. The van der Waals surface area contributed by atoms with Gasteiger partial charge in [0.25, 0.3) is 0 Å². The van der Waals surface area contributed by atoms with Crippen LogP contribution in [0.5, 0.6) is 0 Å². The molecule has 2 heteroatoms. The molecule has 2 nitrogen and oxygen atoms in total. The second-order valence-corrected chi connectivity index (χ2v) is 2.95. The molecule has 2 bridgehead atoms. The Labute approximate surface area is 65.2 Å². The van der Waals surface area contributed by atoms with Gasteiger partial charge in [0.05, 0.1) is 6.54 Å². The van der Waals surface area contributed by atoms with E-state index in [1.807, 2.05) is 0 Å². The lowest BCUT2D eigenvalue weighted by Gasteiger charge is -2.19. The first kappa shape index (κ1) is 5.35. The molecule has 0 aromatic carbocycles. The van der Waals surface area contributed by atoms with E-state index in [0.29, 0.717) is 0 Å². The van der Waals surface area contributed by atoms with Crippen LogP contribution >= 0.6 is 0 Å². The molecule has 3 aliphatic rings. The third kappa shape index (κ3) is 0.546. The summed E-state index contributed by atoms with van der Waals surface area (Å²) in [5.74, 6) is 1.17. The van der Waals surface area contributed by atoms with Gasteiger partial charge in [0, 0.05) is 23.9 Å². The standard InChI is InChI=1S/C9H8N2/c1-4-10-9-7-2-3-8(6-7)11(9)5-1/h1-3,5H,4,6H2. The third-order valence-electron chi connectivity index (χ3n) is 2.27. The maximum Gasteiger partial charge on any atom is 0.135 e. The van der Waals surface area contributed by atoms with E-state index in [1.165, 1.54) is 17.1 Å². The molecular formula is C9H8N2. The molecular weight excluding hydrogens is 136 g/mol. The third-order valence-corrected chi connectivity index (χ3v) is 2.27. The topological polar surface area (TPSA) is 15.6 Å². The highest BCUT2D eigenvalue weighted by Gasteiger charge is 2.30. The number of nitrogens with zero attached hydrogens (tertiary/aromatic N) is 2. The number of hydrogen-bond donors (Lipinski definition) is 0. The van der Waals surface area contributed by atoms with E-state index >= 15 is 0 Å². The molecule has 3 rings (SSSR count). The van der Waals surface area contributed by atoms with Crippen molar-refractivity contribution in [1.82, 2.24) is 4.90 Å². The lowest BCUT2D eigenvalue weighted by Crippen LogP contribution is -2.22. The summed E-state index contributed by atoms with van der Waals surface area (Å²) in [6.07, 6.45) is 9.64. The summed E-state index contributed by atoms with van der Waals surface area (Å²) in [5.41, 5.74) is 2.75. The Morgan fingerprint density at radius 3 is 3.27 bits per heavy atom. The zero-order valence-corrected chi connectivity index (χ0v) is 6.12. The van der Waals surface area contributed by atoms with Crippen LogP contribution in [-0.2, 0) is 0 Å². The highest BCUT2D eigenvalue weighted by atomic mass is 15.2. The molecule has 2 heterocycles. The van der Waals surface area contributed by atoms with Crippen LogP contribution < -0.4 is 0 Å². The lowest BCUT2D eigenvalue weighted by molar-refractivity contribution is 0.693. The molecule has 0 radical (unpaired) electrons. The molecule has 1 fully saturated rings. The Morgan fingerprint density at radius 2 is 2.36 bits per heavy atom. The molecule has 0 aromatic heterocycles. The van der Waals surface area contributed by atoms with Crippen molar-refractivity contribution in [3.8, 4) is 0 Å². The van der Waals surface area contributed by atoms with Crippen molar-refractivity contribution in [3.05, 3.63) is 35.7 Å². The van der Waals surface area contributed by atoms with E-state index in [9.17, 15) is 0 Å². The number of aliphatic imine (C=N–C) groups is 1. The van der Waals surface area contributed by atoms with E-state index in [0.717, 1.165) is 13.0 Å². The van der Waals surface area contributed by atoms with E-state index in [1.54, 1.807) is 0 Å². The predicted octanol–water partition coefficient (Wildman–Crippen LogP) is 1.44. The van der Waals surface area contributed by atoms with Gasteiger partial charge in [0.15, 0.2) is 0 Å². The number of rotatable bonds is 0. The maximum absolute atomic E-state index is 4.42. The smallest absolute Gasteiger partial charge is 0.135 e. The van der Waals surface area contributed by atoms with E-state index in [2.05, 4.69) is 34.3 Å². The molecule has 0 N–H and O–H groups in total. The number of allylic oxidation sites excluding steroid dienone is 3. The second kappa shape index (κ2) is 1.64. The average molecular weight is 144 g/mol. The van der Waals surface area contributed by atoms with Crippen LogP contribution in [0.1, 0.15) is 6.42 Å². The van der Waals surface area contributed by atoms with Crippen molar-refractivity contribution in [1.29, 1.82) is 0 Å². The molecule has 0 unspecified atom stereocenters. The van der Waals surface area contributed by atoms with E-state index in [-0.39, 0.29) is 0 Å². The summed E-state index contributed by atoms with van der Waals surface area (Å²) >= 11 is 0. The van der Waals surface area contributed by atoms with Gasteiger partial charge in [-0.05, 0) is 12.2 Å². The predicted molar refractivity (Wildman–Crippen MR) is 44.1 cm³/mol. The molecule has 11 heavy (non-hydrogen) atoms. The monoisotopic (exact) mass is 144 g/mol. The second-order valence-electron chi connectivity index (χ2n) is 2.95. The van der Waals surface area contributed by atoms with Gasteiger partial charge < -0.3 is 4.90 Å². The average Bonchev–Trinajstić information content (AvgIpc) is 2.64. The first-order valence-corrected chi connectivity index (χ1v) is 3.85. The highest BCUT2D eigenvalue weighted by molar-refractivity contribution is 6.05. The van der Waals surface area contributed by atoms with Crippen molar-refractivity contribution in [2.45, 2.75) is 6.42 Å². The molecule has 54 valence electrons. The van der Waals surface area contributed by atoms with Crippen LogP contribution in [-0.4, -0.2) is 17.3 Å².